The molecule has 1 amide bonds. The molecule has 1 aliphatic heterocycles. The molecule has 0 unspecified atom stereocenters. The van der Waals surface area contributed by atoms with Crippen LogP contribution in [0.25, 0.3) is 0 Å². The molecule has 4 nitrogen and oxygen atoms in total. The van der Waals surface area contributed by atoms with Crippen molar-refractivity contribution >= 4 is 21.8 Å². The van der Waals surface area contributed by atoms with Crippen LogP contribution in [-0.2, 0) is 9.53 Å². The highest BCUT2D eigenvalue weighted by atomic mass is 79.9. The van der Waals surface area contributed by atoms with Crippen LogP contribution < -0.4 is 0 Å². The molecule has 1 aliphatic rings. The minimum Gasteiger partial charge on any atom is -0.508 e. The quantitative estimate of drug-likeness (QED) is 0.869. The van der Waals surface area contributed by atoms with Crippen LogP contribution in [0.5, 0.6) is 5.75 Å². The Labute approximate surface area is 150 Å². The van der Waals surface area contributed by atoms with Crippen LogP contribution in [-0.4, -0.2) is 42.2 Å². The third-order valence-corrected chi connectivity index (χ3v) is 4.80. The fourth-order valence-corrected chi connectivity index (χ4v) is 3.39. The summed E-state index contributed by atoms with van der Waals surface area (Å²) in [5.41, 5.74) is 1.78. The average molecular weight is 390 g/mol. The van der Waals surface area contributed by atoms with Gasteiger partial charge in [0.25, 0.3) is 0 Å². The van der Waals surface area contributed by atoms with E-state index in [1.54, 1.807) is 12.1 Å². The minimum atomic E-state index is -0.181. The topological polar surface area (TPSA) is 49.8 Å². The predicted octanol–water partition coefficient (Wildman–Crippen LogP) is 3.54. The lowest BCUT2D eigenvalue weighted by Gasteiger charge is -2.29. The van der Waals surface area contributed by atoms with Gasteiger partial charge in [-0.2, -0.15) is 0 Å². The molecule has 1 fully saturated rings. The first-order valence-corrected chi connectivity index (χ1v) is 8.83. The lowest BCUT2D eigenvalue weighted by molar-refractivity contribution is -0.135. The number of hydrogen-bond donors (Lipinski definition) is 1. The van der Waals surface area contributed by atoms with Gasteiger partial charge in [-0.25, -0.2) is 0 Å². The number of benzene rings is 2. The Bertz CT molecular complexity index is 699. The number of rotatable bonds is 4. The zero-order chi connectivity index (χ0) is 16.9. The Morgan fingerprint density at radius 2 is 1.88 bits per heavy atom. The van der Waals surface area contributed by atoms with Gasteiger partial charge in [0.2, 0.25) is 5.91 Å². The number of nitrogens with zero attached hydrogens (tertiary/aromatic N) is 1. The van der Waals surface area contributed by atoms with Crippen molar-refractivity contribution in [3.63, 3.8) is 0 Å². The van der Waals surface area contributed by atoms with Crippen molar-refractivity contribution < 1.29 is 14.6 Å². The van der Waals surface area contributed by atoms with E-state index < -0.39 is 0 Å². The van der Waals surface area contributed by atoms with E-state index in [-0.39, 0.29) is 17.6 Å². The third-order valence-electron chi connectivity index (χ3n) is 4.31. The van der Waals surface area contributed by atoms with Crippen molar-refractivity contribution in [1.82, 2.24) is 4.90 Å². The first kappa shape index (κ1) is 17.0. The van der Waals surface area contributed by atoms with Crippen LogP contribution in [0.3, 0.4) is 0 Å². The molecular weight excluding hydrogens is 370 g/mol. The van der Waals surface area contributed by atoms with Crippen molar-refractivity contribution in [2.75, 3.05) is 26.3 Å². The molecule has 3 rings (SSSR count). The molecular formula is C19H20BrNO3. The maximum Gasteiger partial charge on any atom is 0.223 e. The molecule has 2 aromatic carbocycles. The number of carbonyl (C=O) groups excluding carboxylic acids is 1. The van der Waals surface area contributed by atoms with E-state index in [1.807, 2.05) is 41.3 Å². The van der Waals surface area contributed by atoms with Gasteiger partial charge < -0.3 is 14.7 Å². The summed E-state index contributed by atoms with van der Waals surface area (Å²) in [6.07, 6.45) is 0.327. The van der Waals surface area contributed by atoms with Crippen molar-refractivity contribution in [2.24, 2.45) is 0 Å². The second kappa shape index (κ2) is 7.81. The molecule has 126 valence electrons. The highest BCUT2D eigenvalue weighted by Gasteiger charge is 2.25. The third kappa shape index (κ3) is 3.97. The van der Waals surface area contributed by atoms with E-state index in [9.17, 15) is 9.90 Å². The molecule has 1 N–H and O–H groups in total. The summed E-state index contributed by atoms with van der Waals surface area (Å²) >= 11 is 3.46. The number of halogens is 1. The number of hydrogen-bond acceptors (Lipinski definition) is 3. The van der Waals surface area contributed by atoms with Crippen molar-refractivity contribution in [3.05, 3.63) is 64.1 Å². The largest absolute Gasteiger partial charge is 0.508 e. The van der Waals surface area contributed by atoms with Gasteiger partial charge in [-0.15, -0.1) is 0 Å². The van der Waals surface area contributed by atoms with E-state index in [4.69, 9.17) is 4.74 Å². The van der Waals surface area contributed by atoms with E-state index in [0.29, 0.717) is 32.7 Å². The fourth-order valence-electron chi connectivity index (χ4n) is 3.01. The minimum absolute atomic E-state index is 0.0894. The van der Waals surface area contributed by atoms with E-state index in [1.165, 1.54) is 0 Å². The summed E-state index contributed by atoms with van der Waals surface area (Å²) in [7, 11) is 0. The monoisotopic (exact) mass is 389 g/mol. The zero-order valence-electron chi connectivity index (χ0n) is 13.3. The normalized spacial score (nSPS) is 16.0. The number of amides is 1. The van der Waals surface area contributed by atoms with E-state index >= 15 is 0 Å². The first-order valence-electron chi connectivity index (χ1n) is 8.04. The van der Waals surface area contributed by atoms with E-state index in [0.717, 1.165) is 15.6 Å². The molecule has 5 heteroatoms. The molecule has 0 aliphatic carbocycles. The Kier molecular flexibility index (Phi) is 5.53. The summed E-state index contributed by atoms with van der Waals surface area (Å²) in [5, 5.41) is 10.3. The van der Waals surface area contributed by atoms with Gasteiger partial charge in [0.15, 0.2) is 0 Å². The standard InChI is InChI=1S/C19H20BrNO3/c20-15-6-7-18(22)17(12-15)16(14-4-2-1-3-5-14)13-19(23)21-8-10-24-11-9-21/h1-7,12,16,22H,8-11,13H2/t16-/m1/s1. The Morgan fingerprint density at radius 1 is 1.17 bits per heavy atom. The molecule has 0 bridgehead atoms. The van der Waals surface area contributed by atoms with Crippen LogP contribution in [0.15, 0.2) is 53.0 Å². The smallest absolute Gasteiger partial charge is 0.223 e. The highest BCUT2D eigenvalue weighted by molar-refractivity contribution is 9.10. The molecule has 1 saturated heterocycles. The summed E-state index contributed by atoms with van der Waals surface area (Å²) in [4.78, 5) is 14.6. The van der Waals surface area contributed by atoms with Crippen molar-refractivity contribution in [2.45, 2.75) is 12.3 Å². The van der Waals surface area contributed by atoms with Gasteiger partial charge >= 0.3 is 0 Å². The van der Waals surface area contributed by atoms with Crippen LogP contribution in [0.4, 0.5) is 0 Å². The molecule has 0 radical (unpaired) electrons. The molecule has 24 heavy (non-hydrogen) atoms. The maximum absolute atomic E-state index is 12.7. The lowest BCUT2D eigenvalue weighted by Crippen LogP contribution is -2.41. The molecule has 0 spiro atoms. The predicted molar refractivity (Wildman–Crippen MR) is 96.1 cm³/mol. The van der Waals surface area contributed by atoms with Crippen LogP contribution in [0.2, 0.25) is 0 Å². The van der Waals surface area contributed by atoms with Gasteiger partial charge in [-0.3, -0.25) is 4.79 Å². The summed E-state index contributed by atoms with van der Waals surface area (Å²) in [6, 6.07) is 15.2. The zero-order valence-corrected chi connectivity index (χ0v) is 14.9. The second-order valence-electron chi connectivity index (χ2n) is 5.86. The second-order valence-corrected chi connectivity index (χ2v) is 6.78. The molecule has 0 aromatic heterocycles. The number of ether oxygens (including phenoxy) is 1. The van der Waals surface area contributed by atoms with Crippen molar-refractivity contribution in [1.29, 1.82) is 0 Å². The van der Waals surface area contributed by atoms with Gasteiger partial charge in [0.1, 0.15) is 5.75 Å². The SMILES string of the molecule is O=C(C[C@H](c1ccccc1)c1cc(Br)ccc1O)N1CCOCC1. The molecule has 2 aromatic rings. The number of carbonyl (C=O) groups is 1. The number of phenols is 1. The number of aromatic hydroxyl groups is 1. The van der Waals surface area contributed by atoms with Crippen LogP contribution in [0.1, 0.15) is 23.5 Å². The summed E-state index contributed by atoms with van der Waals surface area (Å²) < 4.78 is 6.20. The van der Waals surface area contributed by atoms with E-state index in [2.05, 4.69) is 15.9 Å². The average Bonchev–Trinajstić information content (AvgIpc) is 2.63. The van der Waals surface area contributed by atoms with Crippen molar-refractivity contribution in [3.8, 4) is 5.75 Å². The molecule has 1 atom stereocenters. The van der Waals surface area contributed by atoms with Gasteiger partial charge in [-0.05, 0) is 23.8 Å². The lowest BCUT2D eigenvalue weighted by atomic mass is 9.87. The van der Waals surface area contributed by atoms with Crippen LogP contribution >= 0.6 is 15.9 Å². The summed E-state index contributed by atoms with van der Waals surface area (Å²) in [6.45, 7) is 2.43. The first-order chi connectivity index (χ1) is 11.6. The van der Waals surface area contributed by atoms with Gasteiger partial charge in [-0.1, -0.05) is 46.3 Å². The molecule has 0 saturated carbocycles. The summed E-state index contributed by atoms with van der Waals surface area (Å²) in [5.74, 6) is 0.118. The van der Waals surface area contributed by atoms with Crippen LogP contribution in [0, 0.1) is 0 Å². The molecule has 1 heterocycles. The number of morpholine rings is 1. The maximum atomic E-state index is 12.7. The van der Waals surface area contributed by atoms with Gasteiger partial charge in [0, 0.05) is 35.5 Å². The Balaban J connectivity index is 1.90. The number of phenolic OH excluding ortho intramolecular Hbond substituents is 1. The highest BCUT2D eigenvalue weighted by Crippen LogP contribution is 2.36. The Hall–Kier alpha value is -1.85. The Morgan fingerprint density at radius 3 is 2.58 bits per heavy atom. The van der Waals surface area contributed by atoms with Gasteiger partial charge in [0.05, 0.1) is 13.2 Å². The fraction of sp³-hybridized carbons (Fsp3) is 0.316.